The molecule has 2 aromatic heterocycles. The van der Waals surface area contributed by atoms with Crippen LogP contribution < -0.4 is 11.2 Å². The van der Waals surface area contributed by atoms with E-state index in [-0.39, 0.29) is 11.2 Å². The molecule has 7 nitrogen and oxygen atoms in total. The third-order valence-corrected chi connectivity index (χ3v) is 6.04. The van der Waals surface area contributed by atoms with E-state index in [1.54, 1.807) is 7.05 Å². The van der Waals surface area contributed by atoms with Crippen LogP contribution in [0.25, 0.3) is 21.9 Å². The fourth-order valence-corrected chi connectivity index (χ4v) is 4.55. The lowest BCUT2D eigenvalue weighted by Crippen LogP contribution is -2.36. The average Bonchev–Trinajstić information content (AvgIpc) is 3.38. The van der Waals surface area contributed by atoms with Crippen LogP contribution in [0.15, 0.2) is 52.1 Å². The number of imidazole rings is 1. The van der Waals surface area contributed by atoms with Crippen molar-refractivity contribution >= 4 is 21.9 Å². The number of benzene rings is 2. The predicted octanol–water partition coefficient (Wildman–Crippen LogP) is 2.45. The Morgan fingerprint density at radius 3 is 2.72 bits per heavy atom. The number of rotatable bonds is 3. The van der Waals surface area contributed by atoms with Crippen molar-refractivity contribution in [3.63, 3.8) is 0 Å². The lowest BCUT2D eigenvalue weighted by molar-refractivity contribution is 0.244. The van der Waals surface area contributed by atoms with E-state index in [1.807, 2.05) is 0 Å². The minimum atomic E-state index is -0.365. The number of nitrogens with zero attached hydrogens (tertiary/aromatic N) is 4. The van der Waals surface area contributed by atoms with E-state index >= 15 is 0 Å². The highest BCUT2D eigenvalue weighted by Gasteiger charge is 2.28. The minimum absolute atomic E-state index is 0.306. The van der Waals surface area contributed by atoms with Gasteiger partial charge in [-0.1, -0.05) is 42.5 Å². The number of hydrogen-bond donors (Lipinski definition) is 1. The summed E-state index contributed by atoms with van der Waals surface area (Å²) in [6.45, 7) is 1.59. The van der Waals surface area contributed by atoms with Crippen LogP contribution in [0.4, 0.5) is 0 Å². The van der Waals surface area contributed by atoms with E-state index < -0.39 is 0 Å². The topological polar surface area (TPSA) is 75.9 Å². The molecule has 0 unspecified atom stereocenters. The van der Waals surface area contributed by atoms with Crippen molar-refractivity contribution in [3.05, 3.63) is 74.7 Å². The van der Waals surface area contributed by atoms with Crippen LogP contribution in [-0.2, 0) is 20.6 Å². The summed E-state index contributed by atoms with van der Waals surface area (Å²) in [5, 5.41) is 2.53. The zero-order valence-corrected chi connectivity index (χ0v) is 16.6. The number of nitrogens with one attached hydrogen (secondary N) is 1. The molecular formula is C22H23N5O2. The van der Waals surface area contributed by atoms with Gasteiger partial charge in [-0.05, 0) is 35.7 Å². The van der Waals surface area contributed by atoms with Crippen LogP contribution in [0.2, 0.25) is 0 Å². The minimum Gasteiger partial charge on any atom is -0.335 e. The molecule has 148 valence electrons. The molecule has 1 aliphatic heterocycles. The second-order valence-corrected chi connectivity index (χ2v) is 7.78. The Bertz CT molecular complexity index is 1340. The SMILES string of the molecule is Cn1c(=O)c2[nH]c(CN3CCC[C@H]3c3cccc4ccccc34)nc2n(C)c1=O. The highest BCUT2D eigenvalue weighted by Crippen LogP contribution is 2.36. The second-order valence-electron chi connectivity index (χ2n) is 7.78. The van der Waals surface area contributed by atoms with E-state index in [0.717, 1.165) is 24.0 Å². The zero-order chi connectivity index (χ0) is 20.1. The molecule has 7 heteroatoms. The van der Waals surface area contributed by atoms with Crippen LogP contribution in [0.3, 0.4) is 0 Å². The number of aromatic amines is 1. The molecule has 4 aromatic rings. The number of aryl methyl sites for hydroxylation is 1. The molecule has 0 spiro atoms. The molecule has 0 bridgehead atoms. The molecule has 0 saturated carbocycles. The van der Waals surface area contributed by atoms with Crippen molar-refractivity contribution in [1.82, 2.24) is 24.0 Å². The molecule has 3 heterocycles. The summed E-state index contributed by atoms with van der Waals surface area (Å²) < 4.78 is 2.53. The van der Waals surface area contributed by atoms with Crippen molar-refractivity contribution in [3.8, 4) is 0 Å². The smallest absolute Gasteiger partial charge is 0.332 e. The highest BCUT2D eigenvalue weighted by atomic mass is 16.2. The summed E-state index contributed by atoms with van der Waals surface area (Å²) in [6.07, 6.45) is 2.21. The van der Waals surface area contributed by atoms with Gasteiger partial charge in [-0.3, -0.25) is 18.8 Å². The summed E-state index contributed by atoms with van der Waals surface area (Å²) >= 11 is 0. The number of H-pyrrole nitrogens is 1. The van der Waals surface area contributed by atoms with Gasteiger partial charge in [0, 0.05) is 20.1 Å². The van der Waals surface area contributed by atoms with Gasteiger partial charge < -0.3 is 4.98 Å². The number of hydrogen-bond acceptors (Lipinski definition) is 4. The molecule has 0 aliphatic carbocycles. The molecule has 29 heavy (non-hydrogen) atoms. The number of fused-ring (bicyclic) bond motifs is 2. The van der Waals surface area contributed by atoms with Crippen LogP contribution in [0, 0.1) is 0 Å². The maximum atomic E-state index is 12.4. The maximum absolute atomic E-state index is 12.4. The quantitative estimate of drug-likeness (QED) is 0.584. The van der Waals surface area contributed by atoms with Gasteiger partial charge in [0.1, 0.15) is 11.3 Å². The molecule has 0 amide bonds. The monoisotopic (exact) mass is 389 g/mol. The standard InChI is InChI=1S/C22H23N5O2/c1-25-20-19(21(28)26(2)22(25)29)23-18(24-20)13-27-12-6-11-17(27)16-10-5-8-14-7-3-4-9-15(14)16/h3-5,7-10,17H,6,11-13H2,1-2H3,(H,23,24)/t17-/m0/s1. The van der Waals surface area contributed by atoms with Gasteiger partial charge in [0.05, 0.1) is 6.54 Å². The summed E-state index contributed by atoms with van der Waals surface area (Å²) in [6, 6.07) is 15.3. The first kappa shape index (κ1) is 17.9. The summed E-state index contributed by atoms with van der Waals surface area (Å²) in [5.41, 5.74) is 1.42. The van der Waals surface area contributed by atoms with Crippen molar-refractivity contribution < 1.29 is 0 Å². The summed E-state index contributed by atoms with van der Waals surface area (Å²) in [4.78, 5) is 34.8. The van der Waals surface area contributed by atoms with Crippen LogP contribution in [0.5, 0.6) is 0 Å². The third-order valence-electron chi connectivity index (χ3n) is 6.04. The summed E-state index contributed by atoms with van der Waals surface area (Å²) in [7, 11) is 3.13. The first-order valence-corrected chi connectivity index (χ1v) is 9.91. The average molecular weight is 389 g/mol. The molecule has 5 rings (SSSR count). The van der Waals surface area contributed by atoms with Gasteiger partial charge >= 0.3 is 5.69 Å². The normalized spacial score (nSPS) is 17.5. The van der Waals surface area contributed by atoms with Crippen molar-refractivity contribution in [2.75, 3.05) is 6.54 Å². The summed E-state index contributed by atoms with van der Waals surface area (Å²) in [5.74, 6) is 0.713. The molecule has 1 aliphatic rings. The Morgan fingerprint density at radius 1 is 1.07 bits per heavy atom. The van der Waals surface area contributed by atoms with Gasteiger partial charge in [-0.15, -0.1) is 0 Å². The van der Waals surface area contributed by atoms with E-state index in [2.05, 4.69) is 57.3 Å². The third kappa shape index (κ3) is 2.81. The van der Waals surface area contributed by atoms with Gasteiger partial charge in [0.15, 0.2) is 5.65 Å². The first-order valence-electron chi connectivity index (χ1n) is 9.91. The van der Waals surface area contributed by atoms with Gasteiger partial charge in [0.25, 0.3) is 5.56 Å². The Kier molecular flexibility index (Phi) is 4.13. The Labute approximate surface area is 167 Å². The van der Waals surface area contributed by atoms with E-state index in [9.17, 15) is 9.59 Å². The fourth-order valence-electron chi connectivity index (χ4n) is 4.55. The maximum Gasteiger partial charge on any atom is 0.332 e. The number of aromatic nitrogens is 4. The predicted molar refractivity (Wildman–Crippen MR) is 113 cm³/mol. The molecular weight excluding hydrogens is 366 g/mol. The van der Waals surface area contributed by atoms with Gasteiger partial charge in [0.2, 0.25) is 0 Å². The van der Waals surface area contributed by atoms with Crippen LogP contribution in [0.1, 0.15) is 30.3 Å². The first-order chi connectivity index (χ1) is 14.0. The molecule has 1 fully saturated rings. The molecule has 1 atom stereocenters. The van der Waals surface area contributed by atoms with Gasteiger partial charge in [-0.2, -0.15) is 0 Å². The number of likely N-dealkylation sites (tertiary alicyclic amines) is 1. The largest absolute Gasteiger partial charge is 0.335 e. The van der Waals surface area contributed by atoms with Crippen molar-refractivity contribution in [2.24, 2.45) is 14.1 Å². The van der Waals surface area contributed by atoms with Crippen LogP contribution in [-0.4, -0.2) is 30.5 Å². The molecule has 0 radical (unpaired) electrons. The molecule has 1 N–H and O–H groups in total. The zero-order valence-electron chi connectivity index (χ0n) is 16.6. The molecule has 2 aromatic carbocycles. The van der Waals surface area contributed by atoms with E-state index in [0.29, 0.717) is 29.6 Å². The van der Waals surface area contributed by atoms with Crippen LogP contribution >= 0.6 is 0 Å². The molecule has 1 saturated heterocycles. The van der Waals surface area contributed by atoms with E-state index in [1.165, 1.54) is 28.0 Å². The second kappa shape index (κ2) is 6.70. The van der Waals surface area contributed by atoms with Crippen molar-refractivity contribution in [1.29, 1.82) is 0 Å². The lowest BCUT2D eigenvalue weighted by Gasteiger charge is -2.25. The highest BCUT2D eigenvalue weighted by molar-refractivity contribution is 5.86. The lowest BCUT2D eigenvalue weighted by atomic mass is 9.97. The van der Waals surface area contributed by atoms with Gasteiger partial charge in [-0.25, -0.2) is 9.78 Å². The Morgan fingerprint density at radius 2 is 1.86 bits per heavy atom. The fraction of sp³-hybridized carbons (Fsp3) is 0.318. The Hall–Kier alpha value is -3.19. The Balaban J connectivity index is 1.53. The van der Waals surface area contributed by atoms with Crippen molar-refractivity contribution in [2.45, 2.75) is 25.4 Å². The van der Waals surface area contributed by atoms with E-state index in [4.69, 9.17) is 0 Å².